The van der Waals surface area contributed by atoms with Crippen molar-refractivity contribution >= 4 is 11.6 Å². The van der Waals surface area contributed by atoms with Crippen molar-refractivity contribution in [2.75, 3.05) is 25.6 Å². The first kappa shape index (κ1) is 15.5. The van der Waals surface area contributed by atoms with Gasteiger partial charge in [-0.2, -0.15) is 0 Å². The maximum absolute atomic E-state index is 12.1. The summed E-state index contributed by atoms with van der Waals surface area (Å²) in [4.78, 5) is 13.8. The van der Waals surface area contributed by atoms with Gasteiger partial charge in [0.05, 0.1) is 12.8 Å². The summed E-state index contributed by atoms with van der Waals surface area (Å²) in [6, 6.07) is 6.22. The summed E-state index contributed by atoms with van der Waals surface area (Å²) in [6.45, 7) is 6.83. The average Bonchev–Trinajstić information content (AvgIpc) is 2.37. The number of carbonyl (C=O) groups is 1. The first-order chi connectivity index (χ1) is 8.95. The molecule has 19 heavy (non-hydrogen) atoms. The Kier molecular flexibility index (Phi) is 5.83. The van der Waals surface area contributed by atoms with Crippen LogP contribution in [0.5, 0.6) is 5.75 Å². The van der Waals surface area contributed by atoms with Crippen LogP contribution in [-0.4, -0.2) is 32.7 Å². The number of aryl methyl sites for hydroxylation is 1. The summed E-state index contributed by atoms with van der Waals surface area (Å²) < 4.78 is 5.30. The van der Waals surface area contributed by atoms with E-state index in [1.807, 2.05) is 25.1 Å². The Hall–Kier alpha value is -1.55. The van der Waals surface area contributed by atoms with Gasteiger partial charge in [0.1, 0.15) is 5.75 Å². The van der Waals surface area contributed by atoms with E-state index in [1.54, 1.807) is 19.1 Å². The van der Waals surface area contributed by atoms with Crippen LogP contribution in [-0.2, 0) is 4.79 Å². The minimum atomic E-state index is 0.0806. The molecule has 0 saturated heterocycles. The standard InChI is InChI=1S/C15H24N2O2/c1-11(2)16-9-8-15(18)17(4)13-10-12(3)6-7-14(13)19-5/h6-7,10-11,16H,8-9H2,1-5H3. The van der Waals surface area contributed by atoms with Crippen LogP contribution >= 0.6 is 0 Å². The van der Waals surface area contributed by atoms with Gasteiger partial charge in [-0.15, -0.1) is 0 Å². The second-order valence-electron chi connectivity index (χ2n) is 4.99. The van der Waals surface area contributed by atoms with Gasteiger partial charge in [-0.05, 0) is 24.6 Å². The molecule has 1 N–H and O–H groups in total. The highest BCUT2D eigenvalue weighted by Crippen LogP contribution is 2.28. The number of anilines is 1. The monoisotopic (exact) mass is 264 g/mol. The first-order valence-electron chi connectivity index (χ1n) is 6.60. The quantitative estimate of drug-likeness (QED) is 0.857. The van der Waals surface area contributed by atoms with Gasteiger partial charge in [-0.1, -0.05) is 19.9 Å². The summed E-state index contributed by atoms with van der Waals surface area (Å²) in [6.07, 6.45) is 0.478. The van der Waals surface area contributed by atoms with E-state index in [9.17, 15) is 4.79 Å². The molecule has 1 amide bonds. The van der Waals surface area contributed by atoms with Gasteiger partial charge in [0.25, 0.3) is 0 Å². The van der Waals surface area contributed by atoms with E-state index in [0.29, 0.717) is 19.0 Å². The van der Waals surface area contributed by atoms with Crippen molar-refractivity contribution in [1.82, 2.24) is 5.32 Å². The van der Waals surface area contributed by atoms with Gasteiger partial charge in [0.15, 0.2) is 0 Å². The molecule has 4 heteroatoms. The van der Waals surface area contributed by atoms with Crippen molar-refractivity contribution in [2.24, 2.45) is 0 Å². The summed E-state index contributed by atoms with van der Waals surface area (Å²) in [5, 5.41) is 3.24. The van der Waals surface area contributed by atoms with Crippen LogP contribution in [0.1, 0.15) is 25.8 Å². The number of carbonyl (C=O) groups excluding carboxylic acids is 1. The van der Waals surface area contributed by atoms with Crippen LogP contribution in [0.15, 0.2) is 18.2 Å². The fourth-order valence-corrected chi connectivity index (χ4v) is 1.83. The number of hydrogen-bond donors (Lipinski definition) is 1. The summed E-state index contributed by atoms with van der Waals surface area (Å²) in [5.74, 6) is 0.801. The van der Waals surface area contributed by atoms with Crippen LogP contribution in [0.25, 0.3) is 0 Å². The minimum absolute atomic E-state index is 0.0806. The molecule has 0 aliphatic carbocycles. The molecule has 0 aromatic heterocycles. The third-order valence-corrected chi connectivity index (χ3v) is 2.96. The molecule has 1 aromatic rings. The van der Waals surface area contributed by atoms with Gasteiger partial charge in [0.2, 0.25) is 5.91 Å². The molecule has 1 aromatic carbocycles. The Bertz CT molecular complexity index is 430. The lowest BCUT2D eigenvalue weighted by Crippen LogP contribution is -2.32. The molecule has 0 heterocycles. The molecule has 4 nitrogen and oxygen atoms in total. The Morgan fingerprint density at radius 2 is 2.11 bits per heavy atom. The molecule has 0 fully saturated rings. The topological polar surface area (TPSA) is 41.6 Å². The van der Waals surface area contributed by atoms with Crippen LogP contribution in [0.2, 0.25) is 0 Å². The van der Waals surface area contributed by atoms with Crippen molar-refractivity contribution in [3.05, 3.63) is 23.8 Å². The van der Waals surface area contributed by atoms with Crippen LogP contribution in [0.3, 0.4) is 0 Å². The molecule has 0 aliphatic rings. The number of methoxy groups -OCH3 is 1. The molecule has 0 bridgehead atoms. The Morgan fingerprint density at radius 1 is 1.42 bits per heavy atom. The number of rotatable bonds is 6. The largest absolute Gasteiger partial charge is 0.495 e. The van der Waals surface area contributed by atoms with Gasteiger partial charge < -0.3 is 15.0 Å². The fraction of sp³-hybridized carbons (Fsp3) is 0.533. The molecule has 0 radical (unpaired) electrons. The summed E-state index contributed by atoms with van der Waals surface area (Å²) in [7, 11) is 3.40. The predicted octanol–water partition coefficient (Wildman–Crippen LogP) is 2.35. The van der Waals surface area contributed by atoms with E-state index in [1.165, 1.54) is 0 Å². The summed E-state index contributed by atoms with van der Waals surface area (Å²) >= 11 is 0. The minimum Gasteiger partial charge on any atom is -0.495 e. The molecular formula is C15H24N2O2. The van der Waals surface area contributed by atoms with Crippen molar-refractivity contribution in [3.63, 3.8) is 0 Å². The maximum Gasteiger partial charge on any atom is 0.228 e. The fourth-order valence-electron chi connectivity index (χ4n) is 1.83. The number of nitrogens with one attached hydrogen (secondary N) is 1. The smallest absolute Gasteiger partial charge is 0.228 e. The third kappa shape index (κ3) is 4.56. The third-order valence-electron chi connectivity index (χ3n) is 2.96. The normalized spacial score (nSPS) is 10.6. The highest BCUT2D eigenvalue weighted by molar-refractivity contribution is 5.94. The lowest BCUT2D eigenvalue weighted by molar-refractivity contribution is -0.118. The molecule has 0 saturated carbocycles. The van der Waals surface area contributed by atoms with E-state index >= 15 is 0 Å². The maximum atomic E-state index is 12.1. The number of amides is 1. The van der Waals surface area contributed by atoms with E-state index in [4.69, 9.17) is 4.74 Å². The molecular weight excluding hydrogens is 240 g/mol. The molecule has 0 unspecified atom stereocenters. The lowest BCUT2D eigenvalue weighted by atomic mass is 10.2. The predicted molar refractivity (Wildman–Crippen MR) is 78.9 cm³/mol. The Morgan fingerprint density at radius 3 is 2.68 bits per heavy atom. The average molecular weight is 264 g/mol. The van der Waals surface area contributed by atoms with Crippen LogP contribution < -0.4 is 15.0 Å². The van der Waals surface area contributed by atoms with Gasteiger partial charge in [0, 0.05) is 26.1 Å². The number of benzene rings is 1. The van der Waals surface area contributed by atoms with E-state index in [0.717, 1.165) is 17.0 Å². The van der Waals surface area contributed by atoms with E-state index in [2.05, 4.69) is 19.2 Å². The van der Waals surface area contributed by atoms with Crippen LogP contribution in [0.4, 0.5) is 5.69 Å². The zero-order valence-corrected chi connectivity index (χ0v) is 12.5. The number of nitrogens with zero attached hydrogens (tertiary/aromatic N) is 1. The second-order valence-corrected chi connectivity index (χ2v) is 4.99. The SMILES string of the molecule is COc1ccc(C)cc1N(C)C(=O)CCNC(C)C. The zero-order chi connectivity index (χ0) is 14.4. The number of ether oxygens (including phenoxy) is 1. The van der Waals surface area contributed by atoms with Crippen molar-refractivity contribution in [3.8, 4) is 5.75 Å². The molecule has 106 valence electrons. The first-order valence-corrected chi connectivity index (χ1v) is 6.60. The molecule has 0 spiro atoms. The van der Waals surface area contributed by atoms with Gasteiger partial charge in [-0.25, -0.2) is 0 Å². The summed E-state index contributed by atoms with van der Waals surface area (Å²) in [5.41, 5.74) is 1.92. The zero-order valence-electron chi connectivity index (χ0n) is 12.5. The Labute approximate surface area is 115 Å². The van der Waals surface area contributed by atoms with Crippen molar-refractivity contribution in [1.29, 1.82) is 0 Å². The van der Waals surface area contributed by atoms with Crippen LogP contribution in [0, 0.1) is 6.92 Å². The molecule has 0 atom stereocenters. The highest BCUT2D eigenvalue weighted by Gasteiger charge is 2.15. The molecule has 0 aliphatic heterocycles. The van der Waals surface area contributed by atoms with Gasteiger partial charge >= 0.3 is 0 Å². The second kappa shape index (κ2) is 7.14. The van der Waals surface area contributed by atoms with E-state index in [-0.39, 0.29) is 5.91 Å². The van der Waals surface area contributed by atoms with Crippen molar-refractivity contribution in [2.45, 2.75) is 33.2 Å². The van der Waals surface area contributed by atoms with Crippen molar-refractivity contribution < 1.29 is 9.53 Å². The number of hydrogen-bond acceptors (Lipinski definition) is 3. The van der Waals surface area contributed by atoms with E-state index < -0.39 is 0 Å². The lowest BCUT2D eigenvalue weighted by Gasteiger charge is -2.21. The van der Waals surface area contributed by atoms with Gasteiger partial charge in [-0.3, -0.25) is 4.79 Å². The molecule has 1 rings (SSSR count). The Balaban J connectivity index is 2.73. The highest BCUT2D eigenvalue weighted by atomic mass is 16.5.